The maximum absolute atomic E-state index is 12.8. The zero-order valence-electron chi connectivity index (χ0n) is 11.5. The lowest BCUT2D eigenvalue weighted by Crippen LogP contribution is -2.35. The minimum atomic E-state index is 0.0396. The van der Waals surface area contributed by atoms with Gasteiger partial charge in [0.15, 0.2) is 0 Å². The molecule has 0 radical (unpaired) electrons. The summed E-state index contributed by atoms with van der Waals surface area (Å²) in [5.41, 5.74) is 6.14. The minimum absolute atomic E-state index is 0.0396. The summed E-state index contributed by atoms with van der Waals surface area (Å²) in [4.78, 5) is 19.0. The van der Waals surface area contributed by atoms with Gasteiger partial charge in [-0.25, -0.2) is 0 Å². The molecule has 1 saturated carbocycles. The number of pyridine rings is 1. The van der Waals surface area contributed by atoms with Crippen LogP contribution in [-0.4, -0.2) is 34.9 Å². The van der Waals surface area contributed by atoms with E-state index in [-0.39, 0.29) is 5.91 Å². The van der Waals surface area contributed by atoms with E-state index < -0.39 is 0 Å². The summed E-state index contributed by atoms with van der Waals surface area (Å²) in [6, 6.07) is 10.2. The van der Waals surface area contributed by atoms with Crippen molar-refractivity contribution in [1.29, 1.82) is 0 Å². The highest BCUT2D eigenvalue weighted by molar-refractivity contribution is 6.05. The van der Waals surface area contributed by atoms with E-state index in [1.807, 2.05) is 35.2 Å². The van der Waals surface area contributed by atoms with Crippen LogP contribution in [0.3, 0.4) is 0 Å². The standard InChI is InChI=1S/C16H19N3O/c17-9-3-11-19(13-6-7-13)16(20)15-14-5-2-1-4-12(14)8-10-18-15/h1-2,4-5,8,10,13H,3,6-7,9,11,17H2. The summed E-state index contributed by atoms with van der Waals surface area (Å²) in [5.74, 6) is 0.0396. The highest BCUT2D eigenvalue weighted by atomic mass is 16.2. The molecule has 0 atom stereocenters. The number of rotatable bonds is 5. The Morgan fingerprint density at radius 2 is 2.10 bits per heavy atom. The Balaban J connectivity index is 1.94. The monoisotopic (exact) mass is 269 g/mol. The summed E-state index contributed by atoms with van der Waals surface area (Å²) in [6.45, 7) is 1.34. The second kappa shape index (κ2) is 5.59. The first-order valence-corrected chi connectivity index (χ1v) is 7.16. The number of amides is 1. The molecule has 1 aromatic heterocycles. The summed E-state index contributed by atoms with van der Waals surface area (Å²) in [7, 11) is 0. The van der Waals surface area contributed by atoms with Crippen LogP contribution >= 0.6 is 0 Å². The van der Waals surface area contributed by atoms with Crippen molar-refractivity contribution in [3.63, 3.8) is 0 Å². The zero-order chi connectivity index (χ0) is 13.9. The molecule has 4 heteroatoms. The van der Waals surface area contributed by atoms with Crippen LogP contribution in [0.25, 0.3) is 10.8 Å². The lowest BCUT2D eigenvalue weighted by atomic mass is 10.1. The average molecular weight is 269 g/mol. The van der Waals surface area contributed by atoms with Gasteiger partial charge in [0.1, 0.15) is 5.69 Å². The number of carbonyl (C=O) groups excluding carboxylic acids is 1. The van der Waals surface area contributed by atoms with Crippen molar-refractivity contribution < 1.29 is 4.79 Å². The fourth-order valence-corrected chi connectivity index (χ4v) is 2.52. The molecule has 2 N–H and O–H groups in total. The number of hydrogen-bond acceptors (Lipinski definition) is 3. The molecule has 1 fully saturated rings. The summed E-state index contributed by atoms with van der Waals surface area (Å²) >= 11 is 0. The van der Waals surface area contributed by atoms with Crippen LogP contribution in [0.2, 0.25) is 0 Å². The number of carbonyl (C=O) groups is 1. The Bertz CT molecular complexity index is 617. The fourth-order valence-electron chi connectivity index (χ4n) is 2.52. The fraction of sp³-hybridized carbons (Fsp3) is 0.375. The predicted molar refractivity (Wildman–Crippen MR) is 79.5 cm³/mol. The number of hydrogen-bond donors (Lipinski definition) is 1. The smallest absolute Gasteiger partial charge is 0.273 e. The van der Waals surface area contributed by atoms with Crippen LogP contribution < -0.4 is 5.73 Å². The Hall–Kier alpha value is -1.94. The van der Waals surface area contributed by atoms with Crippen LogP contribution in [-0.2, 0) is 0 Å². The molecule has 1 aliphatic rings. The highest BCUT2D eigenvalue weighted by Gasteiger charge is 2.33. The van der Waals surface area contributed by atoms with E-state index in [0.717, 1.165) is 36.6 Å². The van der Waals surface area contributed by atoms with Gasteiger partial charge in [-0.3, -0.25) is 9.78 Å². The third kappa shape index (κ3) is 2.51. The van der Waals surface area contributed by atoms with E-state index >= 15 is 0 Å². The molecule has 0 spiro atoms. The topological polar surface area (TPSA) is 59.2 Å². The number of nitrogens with zero attached hydrogens (tertiary/aromatic N) is 2. The first kappa shape index (κ1) is 13.1. The van der Waals surface area contributed by atoms with Crippen molar-refractivity contribution in [3.8, 4) is 0 Å². The Morgan fingerprint density at radius 3 is 2.85 bits per heavy atom. The van der Waals surface area contributed by atoms with Gasteiger partial charge in [-0.2, -0.15) is 0 Å². The van der Waals surface area contributed by atoms with Crippen molar-refractivity contribution in [2.24, 2.45) is 5.73 Å². The second-order valence-electron chi connectivity index (χ2n) is 5.25. The molecular weight excluding hydrogens is 250 g/mol. The minimum Gasteiger partial charge on any atom is -0.334 e. The maximum Gasteiger partial charge on any atom is 0.273 e. The molecule has 20 heavy (non-hydrogen) atoms. The Morgan fingerprint density at radius 1 is 1.30 bits per heavy atom. The summed E-state index contributed by atoms with van der Waals surface area (Å²) in [6.07, 6.45) is 4.75. The predicted octanol–water partition coefficient (Wildman–Crippen LogP) is 2.19. The molecule has 0 aliphatic heterocycles. The van der Waals surface area contributed by atoms with E-state index in [4.69, 9.17) is 5.73 Å². The van der Waals surface area contributed by atoms with Gasteiger partial charge >= 0.3 is 0 Å². The van der Waals surface area contributed by atoms with Crippen molar-refractivity contribution in [1.82, 2.24) is 9.88 Å². The zero-order valence-corrected chi connectivity index (χ0v) is 11.5. The number of nitrogens with two attached hydrogens (primary N) is 1. The van der Waals surface area contributed by atoms with Crippen LogP contribution in [0.15, 0.2) is 36.5 Å². The Kier molecular flexibility index (Phi) is 3.65. The molecule has 0 bridgehead atoms. The Labute approximate surface area is 118 Å². The van der Waals surface area contributed by atoms with Gasteiger partial charge in [0, 0.05) is 24.2 Å². The van der Waals surface area contributed by atoms with Crippen LogP contribution in [0.1, 0.15) is 29.8 Å². The van der Waals surface area contributed by atoms with Gasteiger partial charge in [-0.15, -0.1) is 0 Å². The molecule has 104 valence electrons. The maximum atomic E-state index is 12.8. The quantitative estimate of drug-likeness (QED) is 0.905. The lowest BCUT2D eigenvalue weighted by Gasteiger charge is -2.22. The van der Waals surface area contributed by atoms with Gasteiger partial charge in [-0.1, -0.05) is 24.3 Å². The first-order chi connectivity index (χ1) is 9.81. The molecule has 1 aliphatic carbocycles. The molecule has 1 amide bonds. The molecule has 0 saturated heterocycles. The molecular formula is C16H19N3O. The highest BCUT2D eigenvalue weighted by Crippen LogP contribution is 2.29. The van der Waals surface area contributed by atoms with Gasteiger partial charge < -0.3 is 10.6 Å². The van der Waals surface area contributed by atoms with E-state index in [0.29, 0.717) is 18.3 Å². The van der Waals surface area contributed by atoms with Gasteiger partial charge in [0.2, 0.25) is 0 Å². The van der Waals surface area contributed by atoms with Crippen LogP contribution in [0.4, 0.5) is 0 Å². The van der Waals surface area contributed by atoms with E-state index in [1.165, 1.54) is 0 Å². The molecule has 4 nitrogen and oxygen atoms in total. The van der Waals surface area contributed by atoms with Crippen LogP contribution in [0.5, 0.6) is 0 Å². The van der Waals surface area contributed by atoms with Gasteiger partial charge in [0.25, 0.3) is 5.91 Å². The normalized spacial score (nSPS) is 14.4. The number of fused-ring (bicyclic) bond motifs is 1. The van der Waals surface area contributed by atoms with E-state index in [2.05, 4.69) is 4.98 Å². The molecule has 1 aromatic carbocycles. The molecule has 1 heterocycles. The van der Waals surface area contributed by atoms with Gasteiger partial charge in [0.05, 0.1) is 0 Å². The first-order valence-electron chi connectivity index (χ1n) is 7.16. The largest absolute Gasteiger partial charge is 0.334 e. The average Bonchev–Trinajstić information content (AvgIpc) is 3.31. The van der Waals surface area contributed by atoms with Crippen molar-refractivity contribution in [3.05, 3.63) is 42.2 Å². The summed E-state index contributed by atoms with van der Waals surface area (Å²) in [5, 5.41) is 1.99. The number of benzene rings is 1. The number of aromatic nitrogens is 1. The molecule has 3 rings (SSSR count). The van der Waals surface area contributed by atoms with Crippen molar-refractivity contribution in [2.45, 2.75) is 25.3 Å². The van der Waals surface area contributed by atoms with E-state index in [1.54, 1.807) is 6.20 Å². The second-order valence-corrected chi connectivity index (χ2v) is 5.25. The molecule has 0 unspecified atom stereocenters. The SMILES string of the molecule is NCCCN(C(=O)c1nccc2ccccc12)C1CC1. The molecule has 2 aromatic rings. The lowest BCUT2D eigenvalue weighted by molar-refractivity contribution is 0.0738. The van der Waals surface area contributed by atoms with Gasteiger partial charge in [-0.05, 0) is 37.3 Å². The van der Waals surface area contributed by atoms with Crippen molar-refractivity contribution in [2.75, 3.05) is 13.1 Å². The summed E-state index contributed by atoms with van der Waals surface area (Å²) < 4.78 is 0. The third-order valence-corrected chi connectivity index (χ3v) is 3.73. The third-order valence-electron chi connectivity index (χ3n) is 3.73. The van der Waals surface area contributed by atoms with E-state index in [9.17, 15) is 4.79 Å². The van der Waals surface area contributed by atoms with Crippen molar-refractivity contribution >= 4 is 16.7 Å². The van der Waals surface area contributed by atoms with Crippen LogP contribution in [0, 0.1) is 0 Å².